The quantitative estimate of drug-likeness (QED) is 0.586. The minimum Gasteiger partial charge on any atom is -0.481 e. The molecule has 6 nitrogen and oxygen atoms in total. The smallest absolute Gasteiger partial charge is 0.300 e. The van der Waals surface area contributed by atoms with Crippen LogP contribution in [-0.2, 0) is 9.59 Å². The van der Waals surface area contributed by atoms with E-state index in [4.69, 9.17) is 19.8 Å². The van der Waals surface area contributed by atoms with Crippen molar-refractivity contribution < 1.29 is 19.8 Å². The molecule has 0 aromatic carbocycles. The van der Waals surface area contributed by atoms with Crippen LogP contribution in [0.3, 0.4) is 0 Å². The second-order valence-electron chi connectivity index (χ2n) is 2.26. The lowest BCUT2D eigenvalue weighted by Gasteiger charge is -1.73. The number of carbonyl (C=O) groups is 2. The Morgan fingerprint density at radius 1 is 1.13 bits per heavy atom. The highest BCUT2D eigenvalue weighted by molar-refractivity contribution is 5.63. The van der Waals surface area contributed by atoms with Crippen LogP contribution >= 0.6 is 0 Å². The van der Waals surface area contributed by atoms with E-state index in [1.165, 1.54) is 6.07 Å². The standard InChI is InChI=1S/C5H5NO.2C2H4O2/c7-5-3-1-2-4-6-5;2*1-2(3)4/h1-4H,(H,6,7);2*1H3,(H,3,4). The molecule has 84 valence electrons. The number of hydrogen-bond donors (Lipinski definition) is 3. The van der Waals surface area contributed by atoms with Crippen molar-refractivity contribution in [2.24, 2.45) is 0 Å². The van der Waals surface area contributed by atoms with E-state index in [2.05, 4.69) is 4.98 Å². The SMILES string of the molecule is CC(=O)O.CC(=O)O.O=c1cccc[nH]1. The van der Waals surface area contributed by atoms with E-state index in [0.29, 0.717) is 0 Å². The largest absolute Gasteiger partial charge is 0.481 e. The molecule has 0 atom stereocenters. The molecule has 15 heavy (non-hydrogen) atoms. The summed E-state index contributed by atoms with van der Waals surface area (Å²) in [5.41, 5.74) is -0.0532. The molecule has 0 unspecified atom stereocenters. The first-order valence-electron chi connectivity index (χ1n) is 3.89. The molecule has 0 aliphatic carbocycles. The van der Waals surface area contributed by atoms with Gasteiger partial charge in [-0.05, 0) is 6.07 Å². The molecule has 1 rings (SSSR count). The second-order valence-corrected chi connectivity index (χ2v) is 2.26. The minimum absolute atomic E-state index is 0.0532. The third-order valence-corrected chi connectivity index (χ3v) is 0.681. The van der Waals surface area contributed by atoms with E-state index < -0.39 is 11.9 Å². The van der Waals surface area contributed by atoms with E-state index in [1.807, 2.05) is 0 Å². The molecule has 0 saturated carbocycles. The Balaban J connectivity index is 0. The van der Waals surface area contributed by atoms with Gasteiger partial charge in [-0.25, -0.2) is 0 Å². The third-order valence-electron chi connectivity index (χ3n) is 0.681. The van der Waals surface area contributed by atoms with Gasteiger partial charge in [0.05, 0.1) is 0 Å². The van der Waals surface area contributed by atoms with Crippen molar-refractivity contribution in [1.82, 2.24) is 4.98 Å². The maximum Gasteiger partial charge on any atom is 0.300 e. The lowest BCUT2D eigenvalue weighted by atomic mass is 10.5. The van der Waals surface area contributed by atoms with Crippen LogP contribution in [0.4, 0.5) is 0 Å². The van der Waals surface area contributed by atoms with Crippen LogP contribution in [0.2, 0.25) is 0 Å². The van der Waals surface area contributed by atoms with Gasteiger partial charge in [-0.2, -0.15) is 0 Å². The van der Waals surface area contributed by atoms with Gasteiger partial charge in [-0.1, -0.05) is 6.07 Å². The Morgan fingerprint density at radius 3 is 1.67 bits per heavy atom. The predicted molar refractivity (Wildman–Crippen MR) is 53.7 cm³/mol. The van der Waals surface area contributed by atoms with Crippen molar-refractivity contribution in [3.8, 4) is 0 Å². The molecule has 0 amide bonds. The second kappa shape index (κ2) is 9.97. The number of aliphatic carboxylic acids is 2. The molecular formula is C9H13NO5. The summed E-state index contributed by atoms with van der Waals surface area (Å²) >= 11 is 0. The Labute approximate surface area is 86.2 Å². The molecule has 1 aromatic heterocycles. The van der Waals surface area contributed by atoms with Gasteiger partial charge in [0.2, 0.25) is 5.56 Å². The van der Waals surface area contributed by atoms with Crippen LogP contribution in [0.25, 0.3) is 0 Å². The topological polar surface area (TPSA) is 107 Å². The number of H-pyrrole nitrogens is 1. The highest BCUT2D eigenvalue weighted by Crippen LogP contribution is 1.67. The summed E-state index contributed by atoms with van der Waals surface area (Å²) < 4.78 is 0. The van der Waals surface area contributed by atoms with Crippen molar-refractivity contribution in [1.29, 1.82) is 0 Å². The van der Waals surface area contributed by atoms with Crippen LogP contribution in [0.15, 0.2) is 29.2 Å². The first-order chi connectivity index (χ1) is 6.86. The van der Waals surface area contributed by atoms with E-state index in [9.17, 15) is 4.79 Å². The number of aromatic nitrogens is 1. The lowest BCUT2D eigenvalue weighted by molar-refractivity contribution is -0.135. The zero-order chi connectivity index (χ0) is 12.3. The van der Waals surface area contributed by atoms with Crippen molar-refractivity contribution in [3.05, 3.63) is 34.7 Å². The molecule has 1 aromatic rings. The van der Waals surface area contributed by atoms with E-state index in [0.717, 1.165) is 13.8 Å². The summed E-state index contributed by atoms with van der Waals surface area (Å²) in [6, 6.07) is 4.93. The zero-order valence-corrected chi connectivity index (χ0v) is 8.43. The van der Waals surface area contributed by atoms with Crippen molar-refractivity contribution in [2.75, 3.05) is 0 Å². The lowest BCUT2D eigenvalue weighted by Crippen LogP contribution is -1.98. The summed E-state index contributed by atoms with van der Waals surface area (Å²) in [6.07, 6.45) is 1.60. The van der Waals surface area contributed by atoms with Crippen LogP contribution in [0, 0.1) is 0 Å². The number of hydrogen-bond acceptors (Lipinski definition) is 3. The van der Waals surface area contributed by atoms with Crippen molar-refractivity contribution in [2.45, 2.75) is 13.8 Å². The number of aromatic amines is 1. The Hall–Kier alpha value is -2.11. The summed E-state index contributed by atoms with van der Waals surface area (Å²) in [5.74, 6) is -1.67. The Morgan fingerprint density at radius 2 is 1.53 bits per heavy atom. The molecule has 0 aliphatic heterocycles. The monoisotopic (exact) mass is 215 g/mol. The zero-order valence-electron chi connectivity index (χ0n) is 8.43. The highest BCUT2D eigenvalue weighted by atomic mass is 16.4. The van der Waals surface area contributed by atoms with Gasteiger partial charge in [-0.3, -0.25) is 14.4 Å². The van der Waals surface area contributed by atoms with E-state index in [-0.39, 0.29) is 5.56 Å². The van der Waals surface area contributed by atoms with Gasteiger partial charge in [0.1, 0.15) is 0 Å². The first-order valence-corrected chi connectivity index (χ1v) is 3.89. The van der Waals surface area contributed by atoms with Gasteiger partial charge in [0.25, 0.3) is 11.9 Å². The summed E-state index contributed by atoms with van der Waals surface area (Å²) in [7, 11) is 0. The molecule has 0 saturated heterocycles. The maximum absolute atomic E-state index is 10.2. The molecule has 0 spiro atoms. The number of carboxylic acid groups (broad SMARTS) is 2. The van der Waals surface area contributed by atoms with Gasteiger partial charge in [-0.15, -0.1) is 0 Å². The summed E-state index contributed by atoms with van der Waals surface area (Å²) in [5, 5.41) is 14.8. The fourth-order valence-electron chi connectivity index (χ4n) is 0.377. The Kier molecular flexibility index (Phi) is 10.2. The van der Waals surface area contributed by atoms with Crippen molar-refractivity contribution in [3.63, 3.8) is 0 Å². The Bertz CT molecular complexity index is 307. The minimum atomic E-state index is -0.833. The van der Waals surface area contributed by atoms with Crippen LogP contribution < -0.4 is 5.56 Å². The van der Waals surface area contributed by atoms with E-state index >= 15 is 0 Å². The summed E-state index contributed by atoms with van der Waals surface area (Å²) in [4.78, 5) is 30.7. The predicted octanol–water partition coefficient (Wildman–Crippen LogP) is 0.557. The third kappa shape index (κ3) is 33.5. The summed E-state index contributed by atoms with van der Waals surface area (Å²) in [6.45, 7) is 2.17. The fourth-order valence-corrected chi connectivity index (χ4v) is 0.377. The van der Waals surface area contributed by atoms with Crippen molar-refractivity contribution >= 4 is 11.9 Å². The number of carboxylic acids is 2. The average molecular weight is 215 g/mol. The molecule has 0 fully saturated rings. The highest BCUT2D eigenvalue weighted by Gasteiger charge is 1.69. The average Bonchev–Trinajstić information content (AvgIpc) is 2.03. The molecule has 0 aliphatic rings. The van der Waals surface area contributed by atoms with E-state index in [1.54, 1.807) is 18.3 Å². The fraction of sp³-hybridized carbons (Fsp3) is 0.222. The molecular weight excluding hydrogens is 202 g/mol. The molecule has 6 heteroatoms. The number of rotatable bonds is 0. The molecule has 0 radical (unpaired) electrons. The normalized spacial score (nSPS) is 7.33. The number of nitrogens with one attached hydrogen (secondary N) is 1. The molecule has 0 bridgehead atoms. The number of pyridine rings is 1. The molecule has 3 N–H and O–H groups in total. The van der Waals surface area contributed by atoms with Crippen LogP contribution in [0.5, 0.6) is 0 Å². The maximum atomic E-state index is 10.2. The van der Waals surface area contributed by atoms with Gasteiger partial charge < -0.3 is 15.2 Å². The van der Waals surface area contributed by atoms with Gasteiger partial charge >= 0.3 is 0 Å². The van der Waals surface area contributed by atoms with Gasteiger partial charge in [0.15, 0.2) is 0 Å². The first kappa shape index (κ1) is 15.4. The van der Waals surface area contributed by atoms with Crippen LogP contribution in [-0.4, -0.2) is 27.1 Å². The van der Waals surface area contributed by atoms with Gasteiger partial charge in [0, 0.05) is 26.1 Å². The van der Waals surface area contributed by atoms with Crippen LogP contribution in [0.1, 0.15) is 13.8 Å². The molecule has 1 heterocycles.